The zero-order valence-corrected chi connectivity index (χ0v) is 14.2. The average Bonchev–Trinajstić information content (AvgIpc) is 3.08. The van der Waals surface area contributed by atoms with Crippen molar-refractivity contribution in [1.29, 1.82) is 5.26 Å². The number of urea groups is 1. The summed E-state index contributed by atoms with van der Waals surface area (Å²) in [6, 6.07) is 3.07. The molecule has 1 aliphatic heterocycles. The highest BCUT2D eigenvalue weighted by Gasteiger charge is 2.56. The van der Waals surface area contributed by atoms with Crippen LogP contribution in [0.1, 0.15) is 18.4 Å². The van der Waals surface area contributed by atoms with Gasteiger partial charge in [-0.05, 0) is 18.9 Å². The van der Waals surface area contributed by atoms with Crippen LogP contribution in [-0.2, 0) is 0 Å². The van der Waals surface area contributed by atoms with Gasteiger partial charge in [-0.15, -0.1) is 0 Å². The molecule has 0 radical (unpaired) electrons. The molecule has 1 spiro atoms. The SMILES string of the molecule is N#Cc1cnc2[nH]ccc2c1N[C@H]1CN(C(=O)NCC(F)(F)F)CC12CC2. The lowest BCUT2D eigenvalue weighted by atomic mass is 10.00. The molecule has 1 saturated heterocycles. The summed E-state index contributed by atoms with van der Waals surface area (Å²) in [4.78, 5) is 20.7. The third-order valence-corrected chi connectivity index (χ3v) is 5.29. The van der Waals surface area contributed by atoms with Gasteiger partial charge in [-0.2, -0.15) is 18.4 Å². The number of carbonyl (C=O) groups excluding carboxylic acids is 1. The number of alkyl halides is 3. The van der Waals surface area contributed by atoms with Gasteiger partial charge < -0.3 is 20.5 Å². The van der Waals surface area contributed by atoms with Gasteiger partial charge >= 0.3 is 12.2 Å². The van der Waals surface area contributed by atoms with Crippen LogP contribution in [0, 0.1) is 16.7 Å². The number of rotatable bonds is 3. The van der Waals surface area contributed by atoms with Gasteiger partial charge in [-0.25, -0.2) is 9.78 Å². The highest BCUT2D eigenvalue weighted by Crippen LogP contribution is 2.54. The number of anilines is 1. The van der Waals surface area contributed by atoms with E-state index in [-0.39, 0.29) is 18.0 Å². The number of pyridine rings is 1. The molecule has 0 unspecified atom stereocenters. The van der Waals surface area contributed by atoms with Crippen LogP contribution in [0.5, 0.6) is 0 Å². The maximum Gasteiger partial charge on any atom is 0.405 e. The van der Waals surface area contributed by atoms with Crippen LogP contribution in [0.25, 0.3) is 11.0 Å². The van der Waals surface area contributed by atoms with E-state index in [0.717, 1.165) is 18.2 Å². The molecule has 2 aliphatic rings. The fourth-order valence-corrected chi connectivity index (χ4v) is 3.70. The van der Waals surface area contributed by atoms with Crippen LogP contribution in [-0.4, -0.2) is 52.8 Å². The minimum Gasteiger partial charge on any atom is -0.378 e. The molecular formula is C17H17F3N6O. The third kappa shape index (κ3) is 3.25. The molecular weight excluding hydrogens is 361 g/mol. The van der Waals surface area contributed by atoms with Crippen molar-refractivity contribution in [2.45, 2.75) is 25.1 Å². The van der Waals surface area contributed by atoms with Crippen molar-refractivity contribution in [3.05, 3.63) is 24.0 Å². The number of halogens is 3. The average molecular weight is 378 g/mol. The van der Waals surface area contributed by atoms with Gasteiger partial charge in [-0.3, -0.25) is 0 Å². The molecule has 0 bridgehead atoms. The Kier molecular flexibility index (Phi) is 3.91. The van der Waals surface area contributed by atoms with Crippen LogP contribution >= 0.6 is 0 Å². The van der Waals surface area contributed by atoms with Gasteiger partial charge in [0.1, 0.15) is 18.3 Å². The molecule has 3 heterocycles. The molecule has 2 fully saturated rings. The fraction of sp³-hybridized carbons (Fsp3) is 0.471. The van der Waals surface area contributed by atoms with Crippen LogP contribution < -0.4 is 10.6 Å². The van der Waals surface area contributed by atoms with Crippen LogP contribution in [0.2, 0.25) is 0 Å². The van der Waals surface area contributed by atoms with Gasteiger partial charge in [0, 0.05) is 36.3 Å². The summed E-state index contributed by atoms with van der Waals surface area (Å²) in [6.07, 6.45) is 0.531. The Morgan fingerprint density at radius 3 is 2.93 bits per heavy atom. The zero-order chi connectivity index (χ0) is 19.2. The Balaban J connectivity index is 1.53. The summed E-state index contributed by atoms with van der Waals surface area (Å²) in [5.74, 6) is 0. The highest BCUT2D eigenvalue weighted by molar-refractivity contribution is 5.92. The quantitative estimate of drug-likeness (QED) is 0.765. The van der Waals surface area contributed by atoms with Crippen molar-refractivity contribution in [1.82, 2.24) is 20.2 Å². The largest absolute Gasteiger partial charge is 0.405 e. The number of amides is 2. The number of nitrogens with one attached hydrogen (secondary N) is 3. The van der Waals surface area contributed by atoms with E-state index in [4.69, 9.17) is 0 Å². The number of nitriles is 1. The molecule has 2 amide bonds. The van der Waals surface area contributed by atoms with Crippen LogP contribution in [0.3, 0.4) is 0 Å². The maximum absolute atomic E-state index is 12.3. The van der Waals surface area contributed by atoms with Gasteiger partial charge in [0.05, 0.1) is 17.3 Å². The third-order valence-electron chi connectivity index (χ3n) is 5.29. The molecule has 1 atom stereocenters. The zero-order valence-electron chi connectivity index (χ0n) is 14.2. The first-order valence-corrected chi connectivity index (χ1v) is 8.54. The maximum atomic E-state index is 12.3. The van der Waals surface area contributed by atoms with Crippen molar-refractivity contribution in [2.75, 3.05) is 25.0 Å². The van der Waals surface area contributed by atoms with Gasteiger partial charge in [0.25, 0.3) is 0 Å². The van der Waals surface area contributed by atoms with E-state index < -0.39 is 18.8 Å². The smallest absolute Gasteiger partial charge is 0.378 e. The number of nitrogens with zero attached hydrogens (tertiary/aromatic N) is 3. The normalized spacial score (nSPS) is 20.7. The molecule has 10 heteroatoms. The summed E-state index contributed by atoms with van der Waals surface area (Å²) >= 11 is 0. The van der Waals surface area contributed by atoms with E-state index in [1.807, 2.05) is 11.4 Å². The number of aromatic nitrogens is 2. The van der Waals surface area contributed by atoms with E-state index in [0.29, 0.717) is 23.4 Å². The van der Waals surface area contributed by atoms with Gasteiger partial charge in [0.2, 0.25) is 0 Å². The molecule has 2 aromatic rings. The number of fused-ring (bicyclic) bond motifs is 1. The van der Waals surface area contributed by atoms with E-state index in [9.17, 15) is 23.2 Å². The second-order valence-corrected chi connectivity index (χ2v) is 7.11. The Morgan fingerprint density at radius 1 is 1.48 bits per heavy atom. The van der Waals surface area contributed by atoms with Crippen LogP contribution in [0.15, 0.2) is 18.5 Å². The van der Waals surface area contributed by atoms with E-state index in [1.54, 1.807) is 6.20 Å². The lowest BCUT2D eigenvalue weighted by Gasteiger charge is -2.21. The number of hydrogen-bond acceptors (Lipinski definition) is 4. The van der Waals surface area contributed by atoms with Crippen molar-refractivity contribution in [3.63, 3.8) is 0 Å². The molecule has 7 nitrogen and oxygen atoms in total. The lowest BCUT2D eigenvalue weighted by Crippen LogP contribution is -2.43. The first-order chi connectivity index (χ1) is 12.8. The van der Waals surface area contributed by atoms with Gasteiger partial charge in [-0.1, -0.05) is 0 Å². The first-order valence-electron chi connectivity index (χ1n) is 8.54. The predicted octanol–water partition coefficient (Wildman–Crippen LogP) is 2.58. The summed E-state index contributed by atoms with van der Waals surface area (Å²) in [7, 11) is 0. The van der Waals surface area contributed by atoms with Gasteiger partial charge in [0.15, 0.2) is 0 Å². The minimum absolute atomic E-state index is 0.137. The number of aromatic amines is 1. The van der Waals surface area contributed by atoms with Crippen molar-refractivity contribution in [2.24, 2.45) is 5.41 Å². The summed E-state index contributed by atoms with van der Waals surface area (Å²) in [6.45, 7) is -0.666. The first kappa shape index (κ1) is 17.5. The molecule has 0 aromatic carbocycles. The molecule has 1 aliphatic carbocycles. The number of hydrogen-bond donors (Lipinski definition) is 3. The Morgan fingerprint density at radius 2 is 2.26 bits per heavy atom. The second-order valence-electron chi connectivity index (χ2n) is 7.11. The molecule has 27 heavy (non-hydrogen) atoms. The Labute approximate surface area is 152 Å². The highest BCUT2D eigenvalue weighted by atomic mass is 19.4. The Hall–Kier alpha value is -2.96. The van der Waals surface area contributed by atoms with E-state index in [2.05, 4.69) is 21.4 Å². The van der Waals surface area contributed by atoms with E-state index >= 15 is 0 Å². The van der Waals surface area contributed by atoms with Crippen molar-refractivity contribution < 1.29 is 18.0 Å². The molecule has 1 saturated carbocycles. The molecule has 4 rings (SSSR count). The van der Waals surface area contributed by atoms with Crippen LogP contribution in [0.4, 0.5) is 23.7 Å². The lowest BCUT2D eigenvalue weighted by molar-refractivity contribution is -0.123. The van der Waals surface area contributed by atoms with Crippen molar-refractivity contribution in [3.8, 4) is 6.07 Å². The predicted molar refractivity (Wildman–Crippen MR) is 90.9 cm³/mol. The monoisotopic (exact) mass is 378 g/mol. The number of carbonyl (C=O) groups is 1. The van der Waals surface area contributed by atoms with E-state index in [1.165, 1.54) is 11.1 Å². The summed E-state index contributed by atoms with van der Waals surface area (Å²) in [5, 5.41) is 15.5. The van der Waals surface area contributed by atoms with Crippen molar-refractivity contribution >= 4 is 22.8 Å². The standard InChI is InChI=1S/C17H17F3N6O/c18-17(19,20)8-24-15(27)26-7-12(16(9-26)2-3-16)25-13-10(5-21)6-23-14-11(13)1-4-22-14/h1,4,6,12H,2-3,7-9H2,(H,24,27)(H2,22,23,25)/t12-/m0/s1. The summed E-state index contributed by atoms with van der Waals surface area (Å²) in [5.41, 5.74) is 1.50. The Bertz CT molecular complexity index is 927. The number of likely N-dealkylation sites (tertiary alicyclic amines) is 1. The minimum atomic E-state index is -4.44. The summed E-state index contributed by atoms with van der Waals surface area (Å²) < 4.78 is 37.0. The topological polar surface area (TPSA) is 96.8 Å². The molecule has 142 valence electrons. The molecule has 2 aromatic heterocycles. The second kappa shape index (κ2) is 6.04. The fourth-order valence-electron chi connectivity index (χ4n) is 3.70. The molecule has 3 N–H and O–H groups in total. The number of H-pyrrole nitrogens is 1.